The highest BCUT2D eigenvalue weighted by Gasteiger charge is 2.33. The fourth-order valence-electron chi connectivity index (χ4n) is 3.29. The molecule has 1 aliphatic rings. The Morgan fingerprint density at radius 1 is 1.03 bits per heavy atom. The van der Waals surface area contributed by atoms with Crippen LogP contribution in [0.5, 0.6) is 11.5 Å². The second-order valence-corrected chi connectivity index (χ2v) is 10.1. The Bertz CT molecular complexity index is 1370. The van der Waals surface area contributed by atoms with Gasteiger partial charge in [0.1, 0.15) is 6.61 Å². The van der Waals surface area contributed by atoms with E-state index in [2.05, 4.69) is 10.7 Å². The van der Waals surface area contributed by atoms with E-state index in [1.807, 2.05) is 43.3 Å². The SMILES string of the molecule is CCOc1cc(/C=C2/SC(=S)N(NC(=O)Nc3ccc(Cl)c(Cl)c3)C2=O)ccc1OCc1ccccc1. The Morgan fingerprint density at radius 3 is 2.54 bits per heavy atom. The molecular weight excluding hydrogens is 553 g/mol. The minimum absolute atomic E-state index is 0.188. The van der Waals surface area contributed by atoms with E-state index in [9.17, 15) is 9.59 Å². The zero-order chi connectivity index (χ0) is 26.4. The van der Waals surface area contributed by atoms with Gasteiger partial charge in [-0.1, -0.05) is 71.4 Å². The molecule has 0 bridgehead atoms. The predicted molar refractivity (Wildman–Crippen MR) is 152 cm³/mol. The molecule has 1 aliphatic heterocycles. The molecule has 190 valence electrons. The molecule has 0 spiro atoms. The van der Waals surface area contributed by atoms with Crippen LogP contribution in [0.25, 0.3) is 6.08 Å². The van der Waals surface area contributed by atoms with Gasteiger partial charge in [-0.3, -0.25) is 4.79 Å². The van der Waals surface area contributed by atoms with Gasteiger partial charge in [0, 0.05) is 5.69 Å². The van der Waals surface area contributed by atoms with E-state index in [0.29, 0.717) is 40.3 Å². The normalized spacial score (nSPS) is 14.1. The summed E-state index contributed by atoms with van der Waals surface area (Å²) < 4.78 is 11.9. The summed E-state index contributed by atoms with van der Waals surface area (Å²) in [4.78, 5) is 25.7. The molecule has 0 radical (unpaired) electrons. The Labute approximate surface area is 233 Å². The number of rotatable bonds is 8. The first-order chi connectivity index (χ1) is 17.8. The van der Waals surface area contributed by atoms with Gasteiger partial charge in [0.25, 0.3) is 5.91 Å². The first-order valence-electron chi connectivity index (χ1n) is 11.1. The lowest BCUT2D eigenvalue weighted by molar-refractivity contribution is -0.123. The summed E-state index contributed by atoms with van der Waals surface area (Å²) in [5.74, 6) is 0.694. The van der Waals surface area contributed by atoms with Crippen molar-refractivity contribution in [2.45, 2.75) is 13.5 Å². The summed E-state index contributed by atoms with van der Waals surface area (Å²) in [6, 6.07) is 19.2. The maximum atomic E-state index is 13.0. The van der Waals surface area contributed by atoms with E-state index >= 15 is 0 Å². The molecule has 0 aromatic heterocycles. The molecule has 1 heterocycles. The first kappa shape index (κ1) is 26.8. The highest BCUT2D eigenvalue weighted by atomic mass is 35.5. The van der Waals surface area contributed by atoms with Gasteiger partial charge < -0.3 is 14.8 Å². The van der Waals surface area contributed by atoms with Crippen molar-refractivity contribution >= 4 is 75.2 Å². The summed E-state index contributed by atoms with van der Waals surface area (Å²) in [5.41, 5.74) is 4.62. The van der Waals surface area contributed by atoms with Gasteiger partial charge in [-0.05, 0) is 66.7 Å². The molecule has 3 aromatic carbocycles. The number of hydrogen-bond donors (Lipinski definition) is 2. The molecule has 1 saturated heterocycles. The average molecular weight is 575 g/mol. The fraction of sp³-hybridized carbons (Fsp3) is 0.115. The Kier molecular flexibility index (Phi) is 8.94. The summed E-state index contributed by atoms with van der Waals surface area (Å²) in [6.07, 6.45) is 1.68. The number of nitrogens with one attached hydrogen (secondary N) is 2. The number of thioether (sulfide) groups is 1. The van der Waals surface area contributed by atoms with Crippen LogP contribution in [0.2, 0.25) is 10.0 Å². The van der Waals surface area contributed by atoms with E-state index < -0.39 is 11.9 Å². The monoisotopic (exact) mass is 573 g/mol. The van der Waals surface area contributed by atoms with Crippen molar-refractivity contribution in [1.82, 2.24) is 10.4 Å². The second-order valence-electron chi connectivity index (χ2n) is 7.63. The standard InChI is InChI=1S/C26H21Cl2N3O4S2/c1-2-34-22-12-17(8-11-21(22)35-15-16-6-4-3-5-7-16)13-23-24(32)31(26(36)37-23)30-25(33)29-18-9-10-19(27)20(28)14-18/h3-14H,2,15H2,1H3,(H2,29,30,33)/b23-13+. The molecule has 3 amide bonds. The highest BCUT2D eigenvalue weighted by Crippen LogP contribution is 2.34. The molecule has 0 atom stereocenters. The summed E-state index contributed by atoms with van der Waals surface area (Å²) >= 11 is 18.3. The molecule has 2 N–H and O–H groups in total. The van der Waals surface area contributed by atoms with E-state index in [4.69, 9.17) is 44.9 Å². The third kappa shape index (κ3) is 6.95. The van der Waals surface area contributed by atoms with Gasteiger partial charge in [0.15, 0.2) is 15.8 Å². The number of carbonyl (C=O) groups is 2. The number of nitrogens with zero attached hydrogens (tertiary/aromatic N) is 1. The molecule has 0 saturated carbocycles. The molecule has 1 fully saturated rings. The lowest BCUT2D eigenvalue weighted by Gasteiger charge is -2.16. The maximum Gasteiger partial charge on any atom is 0.338 e. The number of carbonyl (C=O) groups excluding carboxylic acids is 2. The summed E-state index contributed by atoms with van der Waals surface area (Å²) in [6.45, 7) is 2.73. The number of amides is 3. The van der Waals surface area contributed by atoms with Gasteiger partial charge in [-0.15, -0.1) is 0 Å². The largest absolute Gasteiger partial charge is 0.490 e. The van der Waals surface area contributed by atoms with E-state index in [1.165, 1.54) is 6.07 Å². The molecule has 4 rings (SSSR count). The van der Waals surface area contributed by atoms with Crippen LogP contribution < -0.4 is 20.2 Å². The number of hydrogen-bond acceptors (Lipinski definition) is 6. The van der Waals surface area contributed by atoms with Crippen molar-refractivity contribution in [1.29, 1.82) is 0 Å². The number of urea groups is 1. The molecule has 0 unspecified atom stereocenters. The molecule has 7 nitrogen and oxygen atoms in total. The van der Waals surface area contributed by atoms with E-state index in [-0.39, 0.29) is 9.34 Å². The minimum atomic E-state index is -0.658. The number of benzene rings is 3. The number of ether oxygens (including phenoxy) is 2. The molecular formula is C26H21Cl2N3O4S2. The van der Waals surface area contributed by atoms with Crippen molar-refractivity contribution in [2.24, 2.45) is 0 Å². The zero-order valence-electron chi connectivity index (χ0n) is 19.5. The van der Waals surface area contributed by atoms with Gasteiger partial charge in [0.2, 0.25) is 0 Å². The second kappa shape index (κ2) is 12.3. The summed E-state index contributed by atoms with van der Waals surface area (Å²) in [7, 11) is 0. The highest BCUT2D eigenvalue weighted by molar-refractivity contribution is 8.26. The number of halogens is 2. The van der Waals surface area contributed by atoms with Crippen LogP contribution in [0.4, 0.5) is 10.5 Å². The van der Waals surface area contributed by atoms with Crippen LogP contribution in [0.15, 0.2) is 71.6 Å². The Balaban J connectivity index is 1.44. The van der Waals surface area contributed by atoms with E-state index in [1.54, 1.807) is 30.3 Å². The molecule has 0 aliphatic carbocycles. The Morgan fingerprint density at radius 2 is 1.81 bits per heavy atom. The van der Waals surface area contributed by atoms with Crippen LogP contribution in [-0.2, 0) is 11.4 Å². The quantitative estimate of drug-likeness (QED) is 0.225. The predicted octanol–water partition coefficient (Wildman–Crippen LogP) is 6.91. The summed E-state index contributed by atoms with van der Waals surface area (Å²) in [5, 5.41) is 4.25. The van der Waals surface area contributed by atoms with Gasteiger partial charge in [0.05, 0.1) is 21.6 Å². The number of thiocarbonyl (C=S) groups is 1. The van der Waals surface area contributed by atoms with Crippen LogP contribution in [0, 0.1) is 0 Å². The fourth-order valence-corrected chi connectivity index (χ4v) is 4.76. The maximum absolute atomic E-state index is 13.0. The van der Waals surface area contributed by atoms with Gasteiger partial charge >= 0.3 is 6.03 Å². The number of anilines is 1. The minimum Gasteiger partial charge on any atom is -0.490 e. The smallest absolute Gasteiger partial charge is 0.338 e. The molecule has 3 aromatic rings. The number of hydrazine groups is 1. The van der Waals surface area contributed by atoms with Gasteiger partial charge in [-0.25, -0.2) is 10.2 Å². The molecule has 37 heavy (non-hydrogen) atoms. The van der Waals surface area contributed by atoms with Crippen LogP contribution in [0.1, 0.15) is 18.1 Å². The Hall–Kier alpha value is -3.24. The van der Waals surface area contributed by atoms with Crippen molar-refractivity contribution in [3.05, 3.63) is 92.8 Å². The van der Waals surface area contributed by atoms with Crippen molar-refractivity contribution in [2.75, 3.05) is 11.9 Å². The lowest BCUT2D eigenvalue weighted by Crippen LogP contribution is -2.46. The van der Waals surface area contributed by atoms with Crippen LogP contribution in [-0.4, -0.2) is 27.9 Å². The van der Waals surface area contributed by atoms with Crippen molar-refractivity contribution in [3.63, 3.8) is 0 Å². The topological polar surface area (TPSA) is 79.9 Å². The van der Waals surface area contributed by atoms with Crippen molar-refractivity contribution in [3.8, 4) is 11.5 Å². The van der Waals surface area contributed by atoms with Gasteiger partial charge in [-0.2, -0.15) is 5.01 Å². The third-order valence-corrected chi connectivity index (χ3v) is 7.03. The third-order valence-electron chi connectivity index (χ3n) is 4.99. The zero-order valence-corrected chi connectivity index (χ0v) is 22.6. The first-order valence-corrected chi connectivity index (χ1v) is 13.1. The van der Waals surface area contributed by atoms with Crippen molar-refractivity contribution < 1.29 is 19.1 Å². The van der Waals surface area contributed by atoms with Crippen LogP contribution >= 0.6 is 47.2 Å². The van der Waals surface area contributed by atoms with Crippen LogP contribution in [0.3, 0.4) is 0 Å². The molecule has 11 heteroatoms. The average Bonchev–Trinajstić information content (AvgIpc) is 3.14. The lowest BCUT2D eigenvalue weighted by atomic mass is 10.2. The van der Waals surface area contributed by atoms with E-state index in [0.717, 1.165) is 27.9 Å².